The summed E-state index contributed by atoms with van der Waals surface area (Å²) in [5.74, 6) is -0.315. The van der Waals surface area contributed by atoms with Crippen molar-refractivity contribution >= 4 is 17.2 Å². The Morgan fingerprint density at radius 3 is 2.21 bits per heavy atom. The first-order valence-electron chi connectivity index (χ1n) is 9.26. The quantitative estimate of drug-likeness (QED) is 0.505. The summed E-state index contributed by atoms with van der Waals surface area (Å²) in [5.41, 5.74) is 2.95. The molecule has 1 N–H and O–H groups in total. The molecule has 0 aliphatic carbocycles. The lowest BCUT2D eigenvalue weighted by molar-refractivity contribution is -0.121. The molecule has 0 aliphatic rings. The molecule has 4 aromatic rings. The number of carbonyl (C=O) groups is 1. The molecule has 1 amide bonds. The smallest absolute Gasteiger partial charge is 0.232 e. The second kappa shape index (κ2) is 8.67. The average molecular weight is 388 g/mol. The van der Waals surface area contributed by atoms with Crippen molar-refractivity contribution in [1.29, 1.82) is 0 Å². The van der Waals surface area contributed by atoms with Crippen LogP contribution < -0.4 is 5.32 Å². The lowest BCUT2D eigenvalue weighted by Gasteiger charge is -2.18. The minimum absolute atomic E-state index is 0.00281. The molecule has 5 heteroatoms. The normalized spacial score (nSPS) is 10.9. The Kier molecular flexibility index (Phi) is 5.64. The van der Waals surface area contributed by atoms with Gasteiger partial charge in [-0.3, -0.25) is 9.48 Å². The van der Waals surface area contributed by atoms with Gasteiger partial charge in [-0.25, -0.2) is 0 Å². The summed E-state index contributed by atoms with van der Waals surface area (Å²) in [6.45, 7) is 1.16. The molecule has 0 saturated carbocycles. The van der Waals surface area contributed by atoms with Gasteiger partial charge in [-0.05, 0) is 28.6 Å². The first-order valence-corrected chi connectivity index (χ1v) is 10.1. The van der Waals surface area contributed by atoms with Crippen LogP contribution >= 0.6 is 11.3 Å². The van der Waals surface area contributed by atoms with Gasteiger partial charge in [0.1, 0.15) is 5.69 Å². The monoisotopic (exact) mass is 387 g/mol. The largest absolute Gasteiger partial charge is 0.353 e. The van der Waals surface area contributed by atoms with Gasteiger partial charge in [0.15, 0.2) is 0 Å². The molecule has 28 heavy (non-hydrogen) atoms. The third-order valence-corrected chi connectivity index (χ3v) is 5.47. The third-order valence-electron chi connectivity index (χ3n) is 4.58. The number of benzene rings is 2. The molecule has 0 spiro atoms. The zero-order valence-electron chi connectivity index (χ0n) is 15.4. The van der Waals surface area contributed by atoms with Gasteiger partial charge >= 0.3 is 0 Å². The van der Waals surface area contributed by atoms with E-state index < -0.39 is 0 Å². The van der Waals surface area contributed by atoms with E-state index in [1.165, 1.54) is 0 Å². The molecule has 0 atom stereocenters. The molecule has 2 aromatic carbocycles. The second-order valence-electron chi connectivity index (χ2n) is 6.49. The van der Waals surface area contributed by atoms with Crippen molar-refractivity contribution in [3.8, 4) is 10.6 Å². The molecule has 0 saturated heterocycles. The van der Waals surface area contributed by atoms with Crippen molar-refractivity contribution in [3.05, 3.63) is 102 Å². The van der Waals surface area contributed by atoms with Crippen LogP contribution in [0.15, 0.2) is 90.4 Å². The van der Waals surface area contributed by atoms with Crippen LogP contribution in [-0.4, -0.2) is 22.2 Å². The van der Waals surface area contributed by atoms with Crippen molar-refractivity contribution in [2.45, 2.75) is 12.5 Å². The van der Waals surface area contributed by atoms with Crippen LogP contribution in [0.1, 0.15) is 17.0 Å². The number of amides is 1. The molecule has 4 rings (SSSR count). The van der Waals surface area contributed by atoms with E-state index in [2.05, 4.69) is 16.5 Å². The van der Waals surface area contributed by atoms with Crippen LogP contribution in [0.2, 0.25) is 0 Å². The Morgan fingerprint density at radius 2 is 1.61 bits per heavy atom. The maximum Gasteiger partial charge on any atom is 0.232 e. The van der Waals surface area contributed by atoms with E-state index in [9.17, 15) is 4.79 Å². The lowest BCUT2D eigenvalue weighted by Crippen LogP contribution is -2.32. The highest BCUT2D eigenvalue weighted by molar-refractivity contribution is 7.13. The van der Waals surface area contributed by atoms with E-state index in [4.69, 9.17) is 0 Å². The van der Waals surface area contributed by atoms with Crippen LogP contribution in [0.25, 0.3) is 10.6 Å². The summed E-state index contributed by atoms with van der Waals surface area (Å²) in [5, 5.41) is 9.71. The van der Waals surface area contributed by atoms with E-state index in [-0.39, 0.29) is 11.8 Å². The van der Waals surface area contributed by atoms with Gasteiger partial charge in [-0.2, -0.15) is 5.10 Å². The topological polar surface area (TPSA) is 46.9 Å². The number of nitrogens with one attached hydrogen (secondary N) is 1. The molecular formula is C23H21N3OS. The summed E-state index contributed by atoms with van der Waals surface area (Å²) >= 11 is 1.67. The molecule has 0 fully saturated rings. The first-order chi connectivity index (χ1) is 13.8. The number of hydrogen-bond acceptors (Lipinski definition) is 3. The Labute approximate surface area is 168 Å². The predicted octanol–water partition coefficient (Wildman–Crippen LogP) is 4.56. The van der Waals surface area contributed by atoms with Gasteiger partial charge in [0.25, 0.3) is 0 Å². The number of aromatic nitrogens is 2. The van der Waals surface area contributed by atoms with Crippen LogP contribution in [0, 0.1) is 0 Å². The van der Waals surface area contributed by atoms with Crippen molar-refractivity contribution in [2.24, 2.45) is 0 Å². The number of hydrogen-bond donors (Lipinski definition) is 1. The Bertz CT molecular complexity index is 971. The zero-order chi connectivity index (χ0) is 19.2. The van der Waals surface area contributed by atoms with Gasteiger partial charge in [0, 0.05) is 12.7 Å². The Balaban J connectivity index is 1.42. The highest BCUT2D eigenvalue weighted by Crippen LogP contribution is 2.25. The van der Waals surface area contributed by atoms with Crippen LogP contribution in [0.4, 0.5) is 0 Å². The summed E-state index contributed by atoms with van der Waals surface area (Å²) < 4.78 is 1.87. The minimum atomic E-state index is -0.318. The van der Waals surface area contributed by atoms with Crippen molar-refractivity contribution in [3.63, 3.8) is 0 Å². The maximum absolute atomic E-state index is 13.0. The Hall–Kier alpha value is -3.18. The van der Waals surface area contributed by atoms with Gasteiger partial charge in [-0.1, -0.05) is 66.7 Å². The molecule has 0 bridgehead atoms. The fraction of sp³-hybridized carbons (Fsp3) is 0.130. The Morgan fingerprint density at radius 1 is 0.929 bits per heavy atom. The number of carbonyl (C=O) groups excluding carboxylic acids is 1. The summed E-state index contributed by atoms with van der Waals surface area (Å²) in [6, 6.07) is 25.9. The predicted molar refractivity (Wildman–Crippen MR) is 113 cm³/mol. The number of rotatable bonds is 7. The van der Waals surface area contributed by atoms with E-state index in [0.29, 0.717) is 13.1 Å². The second-order valence-corrected chi connectivity index (χ2v) is 7.43. The van der Waals surface area contributed by atoms with Gasteiger partial charge < -0.3 is 5.32 Å². The van der Waals surface area contributed by atoms with E-state index in [1.54, 1.807) is 11.3 Å². The number of thiophene rings is 1. The van der Waals surface area contributed by atoms with E-state index in [1.807, 2.05) is 89.1 Å². The molecule has 0 unspecified atom stereocenters. The van der Waals surface area contributed by atoms with Gasteiger partial charge in [-0.15, -0.1) is 11.3 Å². The minimum Gasteiger partial charge on any atom is -0.353 e. The molecule has 140 valence electrons. The summed E-state index contributed by atoms with van der Waals surface area (Å²) in [4.78, 5) is 14.1. The highest BCUT2D eigenvalue weighted by atomic mass is 32.1. The summed E-state index contributed by atoms with van der Waals surface area (Å²) in [6.07, 6.45) is 1.95. The van der Waals surface area contributed by atoms with Crippen LogP contribution in [0.3, 0.4) is 0 Å². The van der Waals surface area contributed by atoms with Crippen LogP contribution in [-0.2, 0) is 11.3 Å². The highest BCUT2D eigenvalue weighted by Gasteiger charge is 2.22. The molecular weight excluding hydrogens is 366 g/mol. The zero-order valence-corrected chi connectivity index (χ0v) is 16.2. The third kappa shape index (κ3) is 4.21. The first kappa shape index (κ1) is 18.2. The van der Waals surface area contributed by atoms with Crippen molar-refractivity contribution in [1.82, 2.24) is 15.1 Å². The molecule has 0 radical (unpaired) electrons. The fourth-order valence-corrected chi connectivity index (χ4v) is 3.91. The molecule has 0 aliphatic heterocycles. The van der Waals surface area contributed by atoms with E-state index in [0.717, 1.165) is 21.7 Å². The maximum atomic E-state index is 13.0. The molecule has 2 heterocycles. The lowest BCUT2D eigenvalue weighted by atomic mass is 9.90. The van der Waals surface area contributed by atoms with E-state index >= 15 is 0 Å². The van der Waals surface area contributed by atoms with Crippen molar-refractivity contribution in [2.75, 3.05) is 6.54 Å². The standard InChI is InChI=1S/C23H21N3OS/c27-23(22(18-8-3-1-4-9-18)19-10-5-2-6-11-19)24-14-16-26-15-13-20(25-26)21-12-7-17-28-21/h1-13,15,17,22H,14,16H2,(H,24,27). The molecule has 4 nitrogen and oxygen atoms in total. The average Bonchev–Trinajstić information content (AvgIpc) is 3.42. The fourth-order valence-electron chi connectivity index (χ4n) is 3.22. The SMILES string of the molecule is O=C(NCCn1ccc(-c2cccs2)n1)C(c1ccccc1)c1ccccc1. The van der Waals surface area contributed by atoms with Gasteiger partial charge in [0.2, 0.25) is 5.91 Å². The van der Waals surface area contributed by atoms with Crippen LogP contribution in [0.5, 0.6) is 0 Å². The summed E-state index contributed by atoms with van der Waals surface area (Å²) in [7, 11) is 0. The van der Waals surface area contributed by atoms with Gasteiger partial charge in [0.05, 0.1) is 17.3 Å². The number of nitrogens with zero attached hydrogens (tertiary/aromatic N) is 2. The van der Waals surface area contributed by atoms with Crippen molar-refractivity contribution < 1.29 is 4.79 Å². The molecule has 2 aromatic heterocycles.